The monoisotopic (exact) mass is 510 g/mol. The standard InChI is InChI=1S/C27H30N2O4S2/c1-5-19-28(34(30,31)25-15-11-22(3)12-16-25)21-24-9-7-8-10-27(24)29(20-6-2)35(32,33)26-17-13-23(4)14-18-26/h5-18H,1-2,19-21H2,3-4H3. The zero-order valence-electron chi connectivity index (χ0n) is 20.0. The van der Waals surface area contributed by atoms with Gasteiger partial charge in [0, 0.05) is 13.1 Å². The van der Waals surface area contributed by atoms with Crippen LogP contribution in [-0.2, 0) is 26.6 Å². The third-order valence-electron chi connectivity index (χ3n) is 5.50. The molecule has 6 nitrogen and oxygen atoms in total. The summed E-state index contributed by atoms with van der Waals surface area (Å²) in [7, 11) is -7.77. The van der Waals surface area contributed by atoms with Gasteiger partial charge >= 0.3 is 0 Å². The van der Waals surface area contributed by atoms with Crippen LogP contribution in [0.2, 0.25) is 0 Å². The number of hydrogen-bond donors (Lipinski definition) is 0. The Balaban J connectivity index is 2.06. The number of sulfonamides is 2. The van der Waals surface area contributed by atoms with Crippen molar-refractivity contribution in [3.05, 3.63) is 115 Å². The van der Waals surface area contributed by atoms with Gasteiger partial charge in [-0.15, -0.1) is 13.2 Å². The van der Waals surface area contributed by atoms with Crippen LogP contribution >= 0.6 is 0 Å². The first-order valence-corrected chi connectivity index (χ1v) is 13.9. The summed E-state index contributed by atoms with van der Waals surface area (Å²) in [6.45, 7) is 11.3. The van der Waals surface area contributed by atoms with Gasteiger partial charge in [-0.2, -0.15) is 4.31 Å². The molecule has 35 heavy (non-hydrogen) atoms. The summed E-state index contributed by atoms with van der Waals surface area (Å²) in [5, 5.41) is 0. The highest BCUT2D eigenvalue weighted by molar-refractivity contribution is 7.92. The van der Waals surface area contributed by atoms with Gasteiger partial charge in [0.2, 0.25) is 10.0 Å². The Hall–Kier alpha value is -3.20. The molecule has 0 aromatic heterocycles. The van der Waals surface area contributed by atoms with E-state index in [9.17, 15) is 16.8 Å². The van der Waals surface area contributed by atoms with E-state index >= 15 is 0 Å². The molecule has 0 amide bonds. The van der Waals surface area contributed by atoms with Crippen LogP contribution in [0.15, 0.2) is 108 Å². The van der Waals surface area contributed by atoms with Gasteiger partial charge in [0.15, 0.2) is 0 Å². The minimum Gasteiger partial charge on any atom is -0.262 e. The molecule has 0 fully saturated rings. The van der Waals surface area contributed by atoms with Crippen molar-refractivity contribution in [3.8, 4) is 0 Å². The van der Waals surface area contributed by atoms with Gasteiger partial charge in [0.25, 0.3) is 10.0 Å². The first kappa shape index (κ1) is 26.4. The molecule has 184 valence electrons. The quantitative estimate of drug-likeness (QED) is 0.338. The van der Waals surface area contributed by atoms with Crippen molar-refractivity contribution < 1.29 is 16.8 Å². The average molecular weight is 511 g/mol. The zero-order chi connectivity index (χ0) is 25.6. The van der Waals surface area contributed by atoms with Crippen molar-refractivity contribution >= 4 is 25.7 Å². The molecule has 0 radical (unpaired) electrons. The Labute approximate surface area is 208 Å². The summed E-state index contributed by atoms with van der Waals surface area (Å²) >= 11 is 0. The number of rotatable bonds is 11. The molecule has 0 saturated carbocycles. The predicted molar refractivity (Wildman–Crippen MR) is 141 cm³/mol. The Kier molecular flexibility index (Phi) is 8.32. The van der Waals surface area contributed by atoms with Crippen molar-refractivity contribution in [3.63, 3.8) is 0 Å². The second kappa shape index (κ2) is 11.0. The van der Waals surface area contributed by atoms with Crippen molar-refractivity contribution in [2.75, 3.05) is 17.4 Å². The Morgan fingerprint density at radius 1 is 0.686 bits per heavy atom. The molecule has 0 aliphatic rings. The molecule has 0 spiro atoms. The van der Waals surface area contributed by atoms with Gasteiger partial charge in [0.05, 0.1) is 22.0 Å². The van der Waals surface area contributed by atoms with E-state index in [1.807, 2.05) is 13.8 Å². The van der Waals surface area contributed by atoms with E-state index in [0.29, 0.717) is 11.3 Å². The van der Waals surface area contributed by atoms with E-state index in [1.165, 1.54) is 20.8 Å². The average Bonchev–Trinajstić information content (AvgIpc) is 2.83. The van der Waals surface area contributed by atoms with Crippen LogP contribution in [0.5, 0.6) is 0 Å². The molecule has 3 rings (SSSR count). The minimum atomic E-state index is -3.92. The Morgan fingerprint density at radius 2 is 1.17 bits per heavy atom. The summed E-state index contributed by atoms with van der Waals surface area (Å²) in [6, 6.07) is 20.1. The van der Waals surface area contributed by atoms with E-state index in [1.54, 1.807) is 72.8 Å². The Morgan fingerprint density at radius 3 is 1.69 bits per heavy atom. The molecule has 0 heterocycles. The number of benzene rings is 3. The summed E-state index contributed by atoms with van der Waals surface area (Å²) in [4.78, 5) is 0.313. The maximum absolute atomic E-state index is 13.6. The number of anilines is 1. The van der Waals surface area contributed by atoms with Crippen LogP contribution in [0.1, 0.15) is 16.7 Å². The van der Waals surface area contributed by atoms with Crippen molar-refractivity contribution in [1.82, 2.24) is 4.31 Å². The lowest BCUT2D eigenvalue weighted by Gasteiger charge is -2.28. The minimum absolute atomic E-state index is 0.0272. The molecule has 0 bridgehead atoms. The fraction of sp³-hybridized carbons (Fsp3) is 0.185. The molecule has 0 aliphatic heterocycles. The van der Waals surface area contributed by atoms with Crippen LogP contribution in [0.4, 0.5) is 5.69 Å². The molecule has 3 aromatic rings. The maximum atomic E-state index is 13.6. The van der Waals surface area contributed by atoms with E-state index < -0.39 is 20.0 Å². The first-order valence-electron chi connectivity index (χ1n) is 11.1. The number of hydrogen-bond acceptors (Lipinski definition) is 4. The molecular formula is C27H30N2O4S2. The van der Waals surface area contributed by atoms with Gasteiger partial charge < -0.3 is 0 Å². The van der Waals surface area contributed by atoms with Gasteiger partial charge in [-0.25, -0.2) is 16.8 Å². The molecular weight excluding hydrogens is 480 g/mol. The maximum Gasteiger partial charge on any atom is 0.264 e. The predicted octanol–water partition coefficient (Wildman–Crippen LogP) is 5.06. The molecule has 0 atom stereocenters. The SMILES string of the molecule is C=CCN(Cc1ccccc1N(CC=C)S(=O)(=O)c1ccc(C)cc1)S(=O)(=O)c1ccc(C)cc1. The lowest BCUT2D eigenvalue weighted by atomic mass is 10.1. The van der Waals surface area contributed by atoms with E-state index in [0.717, 1.165) is 11.1 Å². The van der Waals surface area contributed by atoms with Crippen LogP contribution in [0, 0.1) is 13.8 Å². The van der Waals surface area contributed by atoms with Crippen molar-refractivity contribution in [2.24, 2.45) is 0 Å². The zero-order valence-corrected chi connectivity index (χ0v) is 21.6. The highest BCUT2D eigenvalue weighted by Crippen LogP contribution is 2.30. The molecule has 0 N–H and O–H groups in total. The third-order valence-corrected chi connectivity index (χ3v) is 9.12. The van der Waals surface area contributed by atoms with Crippen molar-refractivity contribution in [1.29, 1.82) is 0 Å². The fourth-order valence-electron chi connectivity index (χ4n) is 3.61. The van der Waals surface area contributed by atoms with Crippen molar-refractivity contribution in [2.45, 2.75) is 30.2 Å². The van der Waals surface area contributed by atoms with Gasteiger partial charge in [0.1, 0.15) is 0 Å². The van der Waals surface area contributed by atoms with E-state index in [-0.39, 0.29) is 29.4 Å². The lowest BCUT2D eigenvalue weighted by molar-refractivity contribution is 0.438. The molecule has 3 aromatic carbocycles. The van der Waals surface area contributed by atoms with Crippen LogP contribution < -0.4 is 4.31 Å². The summed E-state index contributed by atoms with van der Waals surface area (Å²) in [5.74, 6) is 0. The largest absolute Gasteiger partial charge is 0.264 e. The highest BCUT2D eigenvalue weighted by Gasteiger charge is 2.29. The molecule has 0 aliphatic carbocycles. The van der Waals surface area contributed by atoms with Crippen LogP contribution in [0.25, 0.3) is 0 Å². The summed E-state index contributed by atoms with van der Waals surface area (Å²) in [6.07, 6.45) is 3.02. The van der Waals surface area contributed by atoms with Gasteiger partial charge in [-0.1, -0.05) is 65.7 Å². The third kappa shape index (κ3) is 5.90. The summed E-state index contributed by atoms with van der Waals surface area (Å²) < 4.78 is 56.5. The summed E-state index contributed by atoms with van der Waals surface area (Å²) in [5.41, 5.74) is 2.83. The fourth-order valence-corrected chi connectivity index (χ4v) is 6.47. The van der Waals surface area contributed by atoms with E-state index in [2.05, 4.69) is 13.2 Å². The van der Waals surface area contributed by atoms with Gasteiger partial charge in [-0.3, -0.25) is 4.31 Å². The topological polar surface area (TPSA) is 74.8 Å². The number of aryl methyl sites for hydroxylation is 2. The Bertz CT molecular complexity index is 1400. The molecule has 8 heteroatoms. The smallest absolute Gasteiger partial charge is 0.262 e. The normalized spacial score (nSPS) is 11.9. The molecule has 0 saturated heterocycles. The van der Waals surface area contributed by atoms with E-state index in [4.69, 9.17) is 0 Å². The number of para-hydroxylation sites is 1. The lowest BCUT2D eigenvalue weighted by Crippen LogP contribution is -2.34. The number of nitrogens with zero attached hydrogens (tertiary/aromatic N) is 2. The highest BCUT2D eigenvalue weighted by atomic mass is 32.2. The second-order valence-corrected chi connectivity index (χ2v) is 12.0. The van der Waals surface area contributed by atoms with Crippen LogP contribution in [0.3, 0.4) is 0 Å². The first-order chi connectivity index (χ1) is 16.6. The van der Waals surface area contributed by atoms with Crippen LogP contribution in [-0.4, -0.2) is 34.2 Å². The van der Waals surface area contributed by atoms with Gasteiger partial charge in [-0.05, 0) is 49.7 Å². The second-order valence-electron chi connectivity index (χ2n) is 8.17. The molecule has 0 unspecified atom stereocenters.